The summed E-state index contributed by atoms with van der Waals surface area (Å²) in [6, 6.07) is 8.29. The van der Waals surface area contributed by atoms with Crippen molar-refractivity contribution in [1.82, 2.24) is 30.0 Å². The Morgan fingerprint density at radius 2 is 1.85 bits per heavy atom. The standard InChI is InChI=1S/C18H28N6O2/c1-4-26-16-7-5-15(6-8-16)17(23-11-9-22(2)10-12-23)18-19-20-21-24(18)13-14-25-3/h5-8,17H,4,9-14H2,1-3H3. The molecular formula is C18H28N6O2. The maximum atomic E-state index is 5.59. The summed E-state index contributed by atoms with van der Waals surface area (Å²) in [6.45, 7) is 7.90. The molecule has 1 aromatic heterocycles. The second kappa shape index (κ2) is 9.07. The highest BCUT2D eigenvalue weighted by Crippen LogP contribution is 2.29. The van der Waals surface area contributed by atoms with Crippen molar-refractivity contribution in [3.8, 4) is 5.75 Å². The predicted molar refractivity (Wildman–Crippen MR) is 98.2 cm³/mol. The lowest BCUT2D eigenvalue weighted by Gasteiger charge is -2.37. The number of methoxy groups -OCH3 is 1. The van der Waals surface area contributed by atoms with Gasteiger partial charge in [-0.1, -0.05) is 12.1 Å². The number of rotatable bonds is 8. The summed E-state index contributed by atoms with van der Waals surface area (Å²) in [7, 11) is 3.85. The average Bonchev–Trinajstić information content (AvgIpc) is 3.11. The van der Waals surface area contributed by atoms with E-state index in [1.807, 2.05) is 23.7 Å². The quantitative estimate of drug-likeness (QED) is 0.697. The van der Waals surface area contributed by atoms with Crippen LogP contribution in [0.25, 0.3) is 0 Å². The van der Waals surface area contributed by atoms with Crippen molar-refractivity contribution in [3.63, 3.8) is 0 Å². The highest BCUT2D eigenvalue weighted by atomic mass is 16.5. The lowest BCUT2D eigenvalue weighted by Crippen LogP contribution is -2.46. The van der Waals surface area contributed by atoms with Crippen LogP contribution in [0.1, 0.15) is 24.4 Å². The van der Waals surface area contributed by atoms with Crippen LogP contribution in [0.3, 0.4) is 0 Å². The van der Waals surface area contributed by atoms with Crippen molar-refractivity contribution in [3.05, 3.63) is 35.7 Å². The molecule has 1 atom stereocenters. The van der Waals surface area contributed by atoms with Crippen molar-refractivity contribution in [2.75, 3.05) is 53.6 Å². The van der Waals surface area contributed by atoms with Crippen LogP contribution in [-0.4, -0.2) is 83.6 Å². The molecule has 0 aliphatic carbocycles. The number of aromatic nitrogens is 4. The molecule has 1 aliphatic rings. The number of benzene rings is 1. The van der Waals surface area contributed by atoms with Crippen LogP contribution in [0.2, 0.25) is 0 Å². The summed E-state index contributed by atoms with van der Waals surface area (Å²) in [4.78, 5) is 4.80. The van der Waals surface area contributed by atoms with E-state index >= 15 is 0 Å². The van der Waals surface area contributed by atoms with Gasteiger partial charge in [0.15, 0.2) is 5.82 Å². The van der Waals surface area contributed by atoms with Crippen molar-refractivity contribution >= 4 is 0 Å². The fraction of sp³-hybridized carbons (Fsp3) is 0.611. The van der Waals surface area contributed by atoms with Crippen LogP contribution >= 0.6 is 0 Å². The average molecular weight is 360 g/mol. The summed E-state index contributed by atoms with van der Waals surface area (Å²) < 4.78 is 12.6. The monoisotopic (exact) mass is 360 g/mol. The molecule has 1 aromatic carbocycles. The number of nitrogens with zero attached hydrogens (tertiary/aromatic N) is 6. The molecule has 0 radical (unpaired) electrons. The Labute approximate surface area is 154 Å². The molecule has 3 rings (SSSR count). The summed E-state index contributed by atoms with van der Waals surface area (Å²) in [5.41, 5.74) is 1.17. The third-order valence-corrected chi connectivity index (χ3v) is 4.72. The van der Waals surface area contributed by atoms with Gasteiger partial charge in [0.05, 0.1) is 25.8 Å². The molecule has 2 aromatic rings. The molecule has 0 saturated carbocycles. The summed E-state index contributed by atoms with van der Waals surface area (Å²) in [6.07, 6.45) is 0. The molecular weight excluding hydrogens is 332 g/mol. The van der Waals surface area contributed by atoms with E-state index in [0.717, 1.165) is 37.8 Å². The minimum absolute atomic E-state index is 0.0197. The Kier molecular flexibility index (Phi) is 6.54. The number of likely N-dealkylation sites (N-methyl/N-ethyl adjacent to an activating group) is 1. The van der Waals surface area contributed by atoms with Crippen LogP contribution < -0.4 is 4.74 Å². The number of hydrogen-bond donors (Lipinski definition) is 0. The van der Waals surface area contributed by atoms with Gasteiger partial charge in [0.1, 0.15) is 5.75 Å². The molecule has 1 aliphatic heterocycles. The number of hydrogen-bond acceptors (Lipinski definition) is 7. The summed E-state index contributed by atoms with van der Waals surface area (Å²) in [5, 5.41) is 12.5. The Balaban J connectivity index is 1.90. The fourth-order valence-electron chi connectivity index (χ4n) is 3.26. The van der Waals surface area contributed by atoms with Crippen LogP contribution in [0, 0.1) is 0 Å². The van der Waals surface area contributed by atoms with Crippen LogP contribution in [-0.2, 0) is 11.3 Å². The lowest BCUT2D eigenvalue weighted by atomic mass is 10.0. The highest BCUT2D eigenvalue weighted by molar-refractivity contribution is 5.32. The van der Waals surface area contributed by atoms with Gasteiger partial charge in [-0.15, -0.1) is 5.10 Å². The molecule has 1 saturated heterocycles. The fourth-order valence-corrected chi connectivity index (χ4v) is 3.26. The molecule has 142 valence electrons. The SMILES string of the molecule is CCOc1ccc(C(c2nnnn2CCOC)N2CCN(C)CC2)cc1. The third kappa shape index (κ3) is 4.38. The lowest BCUT2D eigenvalue weighted by molar-refractivity contribution is 0.119. The first-order chi connectivity index (χ1) is 12.7. The van der Waals surface area contributed by atoms with E-state index in [0.29, 0.717) is 19.8 Å². The minimum Gasteiger partial charge on any atom is -0.494 e. The van der Waals surface area contributed by atoms with Crippen molar-refractivity contribution < 1.29 is 9.47 Å². The molecule has 26 heavy (non-hydrogen) atoms. The van der Waals surface area contributed by atoms with Gasteiger partial charge < -0.3 is 14.4 Å². The minimum atomic E-state index is 0.0197. The van der Waals surface area contributed by atoms with Gasteiger partial charge in [0, 0.05) is 33.3 Å². The van der Waals surface area contributed by atoms with E-state index in [1.54, 1.807) is 7.11 Å². The molecule has 2 heterocycles. The Morgan fingerprint density at radius 1 is 1.12 bits per heavy atom. The van der Waals surface area contributed by atoms with Gasteiger partial charge in [-0.25, -0.2) is 4.68 Å². The van der Waals surface area contributed by atoms with Crippen molar-refractivity contribution in [2.24, 2.45) is 0 Å². The van der Waals surface area contributed by atoms with E-state index in [-0.39, 0.29) is 6.04 Å². The third-order valence-electron chi connectivity index (χ3n) is 4.72. The van der Waals surface area contributed by atoms with Crippen molar-refractivity contribution in [1.29, 1.82) is 0 Å². The first-order valence-electron chi connectivity index (χ1n) is 9.13. The van der Waals surface area contributed by atoms with Gasteiger partial charge in [-0.2, -0.15) is 0 Å². The first kappa shape index (κ1) is 18.8. The van der Waals surface area contributed by atoms with Crippen LogP contribution in [0.5, 0.6) is 5.75 Å². The molecule has 8 heteroatoms. The van der Waals surface area contributed by atoms with Crippen LogP contribution in [0.4, 0.5) is 0 Å². The second-order valence-electron chi connectivity index (χ2n) is 6.50. The summed E-state index contributed by atoms with van der Waals surface area (Å²) >= 11 is 0. The van der Waals surface area contributed by atoms with E-state index in [1.165, 1.54) is 5.56 Å². The molecule has 1 unspecified atom stereocenters. The highest BCUT2D eigenvalue weighted by Gasteiger charge is 2.29. The van der Waals surface area contributed by atoms with E-state index in [2.05, 4.69) is 44.5 Å². The van der Waals surface area contributed by atoms with Crippen molar-refractivity contribution in [2.45, 2.75) is 19.5 Å². The van der Waals surface area contributed by atoms with E-state index in [4.69, 9.17) is 9.47 Å². The largest absolute Gasteiger partial charge is 0.494 e. The maximum Gasteiger partial charge on any atom is 0.173 e. The van der Waals surface area contributed by atoms with Crippen LogP contribution in [0.15, 0.2) is 24.3 Å². The molecule has 0 bridgehead atoms. The summed E-state index contributed by atoms with van der Waals surface area (Å²) in [5.74, 6) is 1.74. The van der Waals surface area contributed by atoms with E-state index < -0.39 is 0 Å². The molecule has 0 spiro atoms. The number of tetrazole rings is 1. The Bertz CT molecular complexity index is 667. The predicted octanol–water partition coefficient (Wildman–Crippen LogP) is 1.06. The first-order valence-corrected chi connectivity index (χ1v) is 9.13. The maximum absolute atomic E-state index is 5.59. The van der Waals surface area contributed by atoms with Gasteiger partial charge in [0.25, 0.3) is 0 Å². The topological polar surface area (TPSA) is 68.5 Å². The van der Waals surface area contributed by atoms with Gasteiger partial charge in [-0.3, -0.25) is 4.90 Å². The Morgan fingerprint density at radius 3 is 2.50 bits per heavy atom. The van der Waals surface area contributed by atoms with Gasteiger partial charge >= 0.3 is 0 Å². The second-order valence-corrected chi connectivity index (χ2v) is 6.50. The zero-order valence-corrected chi connectivity index (χ0v) is 15.8. The molecule has 0 N–H and O–H groups in total. The van der Waals surface area contributed by atoms with E-state index in [9.17, 15) is 0 Å². The molecule has 0 amide bonds. The molecule has 8 nitrogen and oxygen atoms in total. The zero-order chi connectivity index (χ0) is 18.4. The Hall–Kier alpha value is -2.03. The van der Waals surface area contributed by atoms with Gasteiger partial charge in [-0.05, 0) is 42.1 Å². The molecule has 1 fully saturated rings. The smallest absolute Gasteiger partial charge is 0.173 e. The zero-order valence-electron chi connectivity index (χ0n) is 15.8. The number of ether oxygens (including phenoxy) is 2. The van der Waals surface area contributed by atoms with Gasteiger partial charge in [0.2, 0.25) is 0 Å². The number of piperazine rings is 1. The normalized spacial score (nSPS) is 17.3.